The molecule has 1 atom stereocenters. The Morgan fingerprint density at radius 1 is 1.15 bits per heavy atom. The maximum Gasteiger partial charge on any atom is 0.416 e. The Kier molecular flexibility index (Phi) is 10.3. The molecule has 13 heteroatoms. The summed E-state index contributed by atoms with van der Waals surface area (Å²) >= 11 is 6.13. The molecule has 0 bridgehead atoms. The molecule has 2 aromatic carbocycles. The SMILES string of the molecule is CC[C@@H](C(=O)NC1CCCC1)N(Cc1cccc(OC)c1)C(=O)CN(c1cc(C(F)(F)F)ccc1Cl)S(C)(=O)=O. The maximum absolute atomic E-state index is 13.8. The summed E-state index contributed by atoms with van der Waals surface area (Å²) in [6.07, 6.45) is -0.171. The molecule has 0 heterocycles. The van der Waals surface area contributed by atoms with Gasteiger partial charge >= 0.3 is 6.18 Å². The molecule has 0 spiro atoms. The van der Waals surface area contributed by atoms with Crippen LogP contribution >= 0.6 is 11.6 Å². The molecule has 2 amide bonds. The molecular formula is C27H33ClF3N3O5S. The Hall–Kier alpha value is -2.99. The summed E-state index contributed by atoms with van der Waals surface area (Å²) in [6.45, 7) is 0.792. The fraction of sp³-hybridized carbons (Fsp3) is 0.481. The van der Waals surface area contributed by atoms with Gasteiger partial charge in [-0.1, -0.05) is 43.5 Å². The van der Waals surface area contributed by atoms with Gasteiger partial charge in [-0.3, -0.25) is 13.9 Å². The lowest BCUT2D eigenvalue weighted by molar-refractivity contribution is -0.140. The van der Waals surface area contributed by atoms with Crippen LogP contribution in [0, 0.1) is 0 Å². The van der Waals surface area contributed by atoms with Crippen LogP contribution in [0.1, 0.15) is 50.2 Å². The van der Waals surface area contributed by atoms with Crippen LogP contribution in [0.2, 0.25) is 5.02 Å². The van der Waals surface area contributed by atoms with Crippen molar-refractivity contribution in [2.75, 3.05) is 24.2 Å². The quantitative estimate of drug-likeness (QED) is 0.390. The number of nitrogens with one attached hydrogen (secondary N) is 1. The zero-order chi connectivity index (χ0) is 29.7. The van der Waals surface area contributed by atoms with E-state index in [1.54, 1.807) is 31.2 Å². The first-order valence-electron chi connectivity index (χ1n) is 12.8. The molecule has 1 aliphatic carbocycles. The van der Waals surface area contributed by atoms with Crippen molar-refractivity contribution >= 4 is 39.1 Å². The summed E-state index contributed by atoms with van der Waals surface area (Å²) in [4.78, 5) is 28.4. The van der Waals surface area contributed by atoms with Gasteiger partial charge in [-0.15, -0.1) is 0 Å². The lowest BCUT2D eigenvalue weighted by Gasteiger charge is -2.33. The van der Waals surface area contributed by atoms with Crippen LogP contribution in [0.25, 0.3) is 0 Å². The molecule has 3 rings (SSSR count). The third-order valence-electron chi connectivity index (χ3n) is 6.80. The van der Waals surface area contributed by atoms with E-state index in [1.807, 2.05) is 0 Å². The summed E-state index contributed by atoms with van der Waals surface area (Å²) in [6, 6.07) is 8.09. The minimum Gasteiger partial charge on any atom is -0.497 e. The van der Waals surface area contributed by atoms with Crippen LogP contribution in [-0.4, -0.2) is 57.1 Å². The summed E-state index contributed by atoms with van der Waals surface area (Å²) in [5.41, 5.74) is -0.997. The van der Waals surface area contributed by atoms with Gasteiger partial charge in [-0.2, -0.15) is 13.2 Å². The van der Waals surface area contributed by atoms with E-state index in [-0.39, 0.29) is 29.9 Å². The minimum atomic E-state index is -4.77. The minimum absolute atomic E-state index is 0.0215. The third kappa shape index (κ3) is 8.03. The van der Waals surface area contributed by atoms with Crippen molar-refractivity contribution in [1.29, 1.82) is 0 Å². The number of alkyl halides is 3. The molecule has 1 aliphatic rings. The third-order valence-corrected chi connectivity index (χ3v) is 8.24. The average molecular weight is 604 g/mol. The zero-order valence-corrected chi connectivity index (χ0v) is 24.1. The maximum atomic E-state index is 13.8. The first kappa shape index (κ1) is 31.5. The number of ether oxygens (including phenoxy) is 1. The monoisotopic (exact) mass is 603 g/mol. The van der Waals surface area contributed by atoms with Gasteiger partial charge in [0.05, 0.1) is 29.6 Å². The van der Waals surface area contributed by atoms with E-state index in [1.165, 1.54) is 12.0 Å². The second-order valence-electron chi connectivity index (χ2n) is 9.72. The number of nitrogens with zero attached hydrogens (tertiary/aromatic N) is 2. The molecule has 2 aromatic rings. The fourth-order valence-electron chi connectivity index (χ4n) is 4.73. The van der Waals surface area contributed by atoms with E-state index >= 15 is 0 Å². The van der Waals surface area contributed by atoms with Crippen LogP contribution in [-0.2, 0) is 32.3 Å². The predicted molar refractivity (Wildman–Crippen MR) is 147 cm³/mol. The first-order chi connectivity index (χ1) is 18.7. The second-order valence-corrected chi connectivity index (χ2v) is 12.0. The topological polar surface area (TPSA) is 96.0 Å². The predicted octanol–water partition coefficient (Wildman–Crippen LogP) is 5.00. The van der Waals surface area contributed by atoms with Crippen molar-refractivity contribution in [1.82, 2.24) is 10.2 Å². The molecule has 0 radical (unpaired) electrons. The van der Waals surface area contributed by atoms with Crippen molar-refractivity contribution in [2.24, 2.45) is 0 Å². The van der Waals surface area contributed by atoms with Crippen LogP contribution in [0.4, 0.5) is 18.9 Å². The van der Waals surface area contributed by atoms with Gasteiger partial charge in [0, 0.05) is 12.6 Å². The molecule has 40 heavy (non-hydrogen) atoms. The number of anilines is 1. The van der Waals surface area contributed by atoms with Crippen molar-refractivity contribution in [3.63, 3.8) is 0 Å². The molecule has 0 unspecified atom stereocenters. The molecule has 0 saturated heterocycles. The number of amides is 2. The fourth-order valence-corrected chi connectivity index (χ4v) is 5.85. The lowest BCUT2D eigenvalue weighted by atomic mass is 10.1. The zero-order valence-electron chi connectivity index (χ0n) is 22.5. The number of hydrogen-bond donors (Lipinski definition) is 1. The van der Waals surface area contributed by atoms with Gasteiger partial charge in [0.2, 0.25) is 21.8 Å². The van der Waals surface area contributed by atoms with E-state index in [0.29, 0.717) is 21.7 Å². The Morgan fingerprint density at radius 2 is 1.82 bits per heavy atom. The van der Waals surface area contributed by atoms with E-state index in [2.05, 4.69) is 5.32 Å². The van der Waals surface area contributed by atoms with Crippen molar-refractivity contribution in [3.05, 3.63) is 58.6 Å². The normalized spacial score (nSPS) is 15.0. The highest BCUT2D eigenvalue weighted by atomic mass is 35.5. The van der Waals surface area contributed by atoms with Crippen molar-refractivity contribution in [3.8, 4) is 5.75 Å². The van der Waals surface area contributed by atoms with Crippen LogP contribution < -0.4 is 14.4 Å². The molecule has 1 N–H and O–H groups in total. The summed E-state index contributed by atoms with van der Waals surface area (Å²) in [5.74, 6) is -0.648. The van der Waals surface area contributed by atoms with Gasteiger partial charge in [0.1, 0.15) is 18.3 Å². The molecule has 0 aromatic heterocycles. The van der Waals surface area contributed by atoms with Gasteiger partial charge in [0.15, 0.2) is 0 Å². The molecule has 220 valence electrons. The van der Waals surface area contributed by atoms with Crippen LogP contribution in [0.5, 0.6) is 5.75 Å². The lowest BCUT2D eigenvalue weighted by Crippen LogP contribution is -2.53. The number of benzene rings is 2. The number of methoxy groups -OCH3 is 1. The largest absolute Gasteiger partial charge is 0.497 e. The summed E-state index contributed by atoms with van der Waals surface area (Å²) in [7, 11) is -2.79. The van der Waals surface area contributed by atoms with Crippen LogP contribution in [0.15, 0.2) is 42.5 Å². The van der Waals surface area contributed by atoms with Crippen LogP contribution in [0.3, 0.4) is 0 Å². The highest BCUT2D eigenvalue weighted by Gasteiger charge is 2.35. The first-order valence-corrected chi connectivity index (χ1v) is 15.0. The summed E-state index contributed by atoms with van der Waals surface area (Å²) in [5, 5.41) is 2.71. The Balaban J connectivity index is 2.00. The van der Waals surface area contributed by atoms with E-state index < -0.39 is 45.9 Å². The molecule has 1 saturated carbocycles. The van der Waals surface area contributed by atoms with E-state index in [9.17, 15) is 31.2 Å². The molecular weight excluding hydrogens is 571 g/mol. The number of carbonyl (C=O) groups excluding carboxylic acids is 2. The number of carbonyl (C=O) groups is 2. The number of hydrogen-bond acceptors (Lipinski definition) is 5. The molecule has 8 nitrogen and oxygen atoms in total. The Labute approximate surface area is 237 Å². The Morgan fingerprint density at radius 3 is 2.40 bits per heavy atom. The van der Waals surface area contributed by atoms with Gasteiger partial charge in [-0.05, 0) is 55.2 Å². The van der Waals surface area contributed by atoms with Gasteiger partial charge < -0.3 is 15.0 Å². The standard InChI is InChI=1S/C27H33ClF3N3O5S/c1-4-23(26(36)32-20-9-5-6-10-20)33(16-18-8-7-11-21(14-18)39-2)25(35)17-34(40(3,37)38)24-15-19(27(29,30)31)12-13-22(24)28/h7-8,11-15,20,23H,4-6,9-10,16-17H2,1-3H3,(H,32,36)/t23-/m0/s1. The number of sulfonamides is 1. The van der Waals surface area contributed by atoms with Gasteiger partial charge in [-0.25, -0.2) is 8.42 Å². The van der Waals surface area contributed by atoms with E-state index in [4.69, 9.17) is 16.3 Å². The molecule has 1 fully saturated rings. The summed E-state index contributed by atoms with van der Waals surface area (Å²) < 4.78 is 71.6. The highest BCUT2D eigenvalue weighted by Crippen LogP contribution is 2.36. The number of halogens is 4. The smallest absolute Gasteiger partial charge is 0.416 e. The Bertz CT molecular complexity index is 1320. The average Bonchev–Trinajstić information content (AvgIpc) is 3.39. The van der Waals surface area contributed by atoms with Crippen molar-refractivity contribution < 1.29 is 35.9 Å². The number of rotatable bonds is 11. The molecule has 0 aliphatic heterocycles. The second kappa shape index (κ2) is 13.1. The van der Waals surface area contributed by atoms with E-state index in [0.717, 1.165) is 44.1 Å². The van der Waals surface area contributed by atoms with Gasteiger partial charge in [0.25, 0.3) is 0 Å². The van der Waals surface area contributed by atoms with Crippen molar-refractivity contribution in [2.45, 2.75) is 63.8 Å². The highest BCUT2D eigenvalue weighted by molar-refractivity contribution is 7.92.